The van der Waals surface area contributed by atoms with Crippen LogP contribution in [0, 0.1) is 11.8 Å². The molecule has 2 unspecified atom stereocenters. The SMILES string of the molecule is CC(CBr)C1CCCOC1. The molecule has 1 aliphatic rings. The van der Waals surface area contributed by atoms with Crippen LogP contribution in [0.4, 0.5) is 0 Å². The topological polar surface area (TPSA) is 9.23 Å². The van der Waals surface area contributed by atoms with Gasteiger partial charge in [-0.2, -0.15) is 0 Å². The third kappa shape index (κ3) is 2.24. The summed E-state index contributed by atoms with van der Waals surface area (Å²) in [5.41, 5.74) is 0. The molecular weight excluding hydrogens is 192 g/mol. The van der Waals surface area contributed by atoms with Gasteiger partial charge in [-0.05, 0) is 24.7 Å². The molecule has 0 spiro atoms. The van der Waals surface area contributed by atoms with Crippen molar-refractivity contribution >= 4 is 15.9 Å². The Morgan fingerprint density at radius 3 is 3.00 bits per heavy atom. The molecule has 0 aromatic carbocycles. The second-order valence-electron chi connectivity index (χ2n) is 3.11. The zero-order valence-corrected chi connectivity index (χ0v) is 8.06. The molecule has 1 saturated heterocycles. The molecule has 0 bridgehead atoms. The second kappa shape index (κ2) is 4.35. The van der Waals surface area contributed by atoms with Crippen molar-refractivity contribution in [3.05, 3.63) is 0 Å². The van der Waals surface area contributed by atoms with Crippen LogP contribution in [0.15, 0.2) is 0 Å². The third-order valence-corrected chi connectivity index (χ3v) is 3.26. The maximum absolute atomic E-state index is 5.38. The van der Waals surface area contributed by atoms with Crippen molar-refractivity contribution in [2.75, 3.05) is 18.5 Å². The molecule has 0 amide bonds. The van der Waals surface area contributed by atoms with E-state index in [2.05, 4.69) is 22.9 Å². The number of rotatable bonds is 2. The van der Waals surface area contributed by atoms with E-state index in [1.165, 1.54) is 12.8 Å². The highest BCUT2D eigenvalue weighted by atomic mass is 79.9. The number of hydrogen-bond donors (Lipinski definition) is 0. The predicted molar refractivity (Wildman–Crippen MR) is 46.5 cm³/mol. The molecule has 0 aliphatic carbocycles. The summed E-state index contributed by atoms with van der Waals surface area (Å²) in [6, 6.07) is 0. The van der Waals surface area contributed by atoms with Crippen LogP contribution in [0.1, 0.15) is 19.8 Å². The summed E-state index contributed by atoms with van der Waals surface area (Å²) in [5.74, 6) is 1.58. The summed E-state index contributed by atoms with van der Waals surface area (Å²) >= 11 is 3.49. The summed E-state index contributed by atoms with van der Waals surface area (Å²) in [7, 11) is 0. The zero-order valence-electron chi connectivity index (χ0n) is 6.48. The van der Waals surface area contributed by atoms with Crippen LogP contribution in [0.5, 0.6) is 0 Å². The van der Waals surface area contributed by atoms with Crippen molar-refractivity contribution in [3.8, 4) is 0 Å². The number of hydrogen-bond acceptors (Lipinski definition) is 1. The molecule has 1 rings (SSSR count). The van der Waals surface area contributed by atoms with Gasteiger partial charge >= 0.3 is 0 Å². The Morgan fingerprint density at radius 1 is 1.70 bits per heavy atom. The summed E-state index contributed by atoms with van der Waals surface area (Å²) in [6.07, 6.45) is 2.61. The van der Waals surface area contributed by atoms with E-state index in [0.717, 1.165) is 30.4 Å². The van der Waals surface area contributed by atoms with E-state index in [-0.39, 0.29) is 0 Å². The van der Waals surface area contributed by atoms with Crippen molar-refractivity contribution in [1.29, 1.82) is 0 Å². The van der Waals surface area contributed by atoms with Gasteiger partial charge in [0.25, 0.3) is 0 Å². The molecule has 1 nitrogen and oxygen atoms in total. The lowest BCUT2D eigenvalue weighted by Crippen LogP contribution is -2.24. The number of alkyl halides is 1. The zero-order chi connectivity index (χ0) is 7.40. The van der Waals surface area contributed by atoms with Crippen LogP contribution in [-0.4, -0.2) is 18.5 Å². The number of halogens is 1. The van der Waals surface area contributed by atoms with E-state index < -0.39 is 0 Å². The Kier molecular flexibility index (Phi) is 3.71. The third-order valence-electron chi connectivity index (χ3n) is 2.24. The average molecular weight is 207 g/mol. The largest absolute Gasteiger partial charge is 0.381 e. The Labute approximate surface area is 71.3 Å². The molecule has 0 radical (unpaired) electrons. The first-order valence-electron chi connectivity index (χ1n) is 3.98. The van der Waals surface area contributed by atoms with Gasteiger partial charge in [-0.15, -0.1) is 0 Å². The Bertz CT molecular complexity index is 89.3. The van der Waals surface area contributed by atoms with Crippen LogP contribution in [-0.2, 0) is 4.74 Å². The van der Waals surface area contributed by atoms with Crippen LogP contribution < -0.4 is 0 Å². The van der Waals surface area contributed by atoms with E-state index in [4.69, 9.17) is 4.74 Å². The lowest BCUT2D eigenvalue weighted by molar-refractivity contribution is 0.0383. The molecule has 1 fully saturated rings. The quantitative estimate of drug-likeness (QED) is 0.632. The van der Waals surface area contributed by atoms with Gasteiger partial charge in [0.05, 0.1) is 0 Å². The molecule has 0 saturated carbocycles. The molecule has 2 atom stereocenters. The lowest BCUT2D eigenvalue weighted by atomic mass is 9.91. The first-order valence-corrected chi connectivity index (χ1v) is 5.10. The Hall–Kier alpha value is 0.440. The molecule has 1 aliphatic heterocycles. The lowest BCUT2D eigenvalue weighted by Gasteiger charge is -2.26. The van der Waals surface area contributed by atoms with E-state index in [0.29, 0.717) is 0 Å². The van der Waals surface area contributed by atoms with Crippen LogP contribution in [0.2, 0.25) is 0 Å². The van der Waals surface area contributed by atoms with Gasteiger partial charge in [0, 0.05) is 18.5 Å². The van der Waals surface area contributed by atoms with Gasteiger partial charge in [0.15, 0.2) is 0 Å². The van der Waals surface area contributed by atoms with Crippen molar-refractivity contribution in [1.82, 2.24) is 0 Å². The normalized spacial score (nSPS) is 30.0. The fraction of sp³-hybridized carbons (Fsp3) is 1.00. The Morgan fingerprint density at radius 2 is 2.50 bits per heavy atom. The van der Waals surface area contributed by atoms with Gasteiger partial charge in [0.1, 0.15) is 0 Å². The summed E-state index contributed by atoms with van der Waals surface area (Å²) in [6.45, 7) is 4.24. The fourth-order valence-corrected chi connectivity index (χ4v) is 1.87. The Balaban J connectivity index is 2.24. The average Bonchev–Trinajstić information content (AvgIpc) is 2.05. The molecule has 0 N–H and O–H groups in total. The standard InChI is InChI=1S/C8H15BrO/c1-7(5-9)8-3-2-4-10-6-8/h7-8H,2-6H2,1H3. The maximum Gasteiger partial charge on any atom is 0.0497 e. The van der Waals surface area contributed by atoms with E-state index >= 15 is 0 Å². The summed E-state index contributed by atoms with van der Waals surface area (Å²) in [5, 5.41) is 1.11. The minimum Gasteiger partial charge on any atom is -0.381 e. The van der Waals surface area contributed by atoms with Crippen LogP contribution >= 0.6 is 15.9 Å². The van der Waals surface area contributed by atoms with Crippen LogP contribution in [0.3, 0.4) is 0 Å². The monoisotopic (exact) mass is 206 g/mol. The van der Waals surface area contributed by atoms with E-state index in [1.54, 1.807) is 0 Å². The first-order chi connectivity index (χ1) is 4.84. The van der Waals surface area contributed by atoms with Crippen molar-refractivity contribution in [2.24, 2.45) is 11.8 Å². The highest BCUT2D eigenvalue weighted by Gasteiger charge is 2.19. The summed E-state index contributed by atoms with van der Waals surface area (Å²) < 4.78 is 5.38. The second-order valence-corrected chi connectivity index (χ2v) is 3.76. The van der Waals surface area contributed by atoms with Crippen molar-refractivity contribution in [3.63, 3.8) is 0 Å². The van der Waals surface area contributed by atoms with Gasteiger partial charge in [-0.1, -0.05) is 22.9 Å². The van der Waals surface area contributed by atoms with E-state index in [1.807, 2.05) is 0 Å². The predicted octanol–water partition coefficient (Wildman–Crippen LogP) is 2.44. The van der Waals surface area contributed by atoms with Crippen molar-refractivity contribution < 1.29 is 4.74 Å². The molecule has 0 aromatic heterocycles. The van der Waals surface area contributed by atoms with Gasteiger partial charge in [-0.3, -0.25) is 0 Å². The van der Waals surface area contributed by atoms with Crippen molar-refractivity contribution in [2.45, 2.75) is 19.8 Å². The van der Waals surface area contributed by atoms with Gasteiger partial charge < -0.3 is 4.74 Å². The molecule has 2 heteroatoms. The first kappa shape index (κ1) is 8.54. The molecule has 1 heterocycles. The van der Waals surface area contributed by atoms with Crippen LogP contribution in [0.25, 0.3) is 0 Å². The minimum atomic E-state index is 0.778. The minimum absolute atomic E-state index is 0.778. The molecule has 60 valence electrons. The highest BCUT2D eigenvalue weighted by molar-refractivity contribution is 9.09. The van der Waals surface area contributed by atoms with Gasteiger partial charge in [-0.25, -0.2) is 0 Å². The highest BCUT2D eigenvalue weighted by Crippen LogP contribution is 2.23. The number of ether oxygens (including phenoxy) is 1. The molecule has 10 heavy (non-hydrogen) atoms. The maximum atomic E-state index is 5.38. The molecular formula is C8H15BrO. The molecule has 0 aromatic rings. The van der Waals surface area contributed by atoms with E-state index in [9.17, 15) is 0 Å². The fourth-order valence-electron chi connectivity index (χ4n) is 1.34. The van der Waals surface area contributed by atoms with Gasteiger partial charge in [0.2, 0.25) is 0 Å². The summed E-state index contributed by atoms with van der Waals surface area (Å²) in [4.78, 5) is 0. The smallest absolute Gasteiger partial charge is 0.0497 e.